The molecule has 0 spiro atoms. The van der Waals surface area contributed by atoms with E-state index in [4.69, 9.17) is 18.9 Å². The summed E-state index contributed by atoms with van der Waals surface area (Å²) < 4.78 is 23.4. The second-order valence-corrected chi connectivity index (χ2v) is 12.2. The van der Waals surface area contributed by atoms with Crippen molar-refractivity contribution in [1.29, 1.82) is 0 Å². The number of hydrogen-bond acceptors (Lipinski definition) is 8. The van der Waals surface area contributed by atoms with E-state index in [1.807, 2.05) is 37.3 Å². The standard InChI is InChI=1S/C34H37N3O6.C4H10/c1-23(34(39)43-26-11-6-7-12-26)35-18-8-20-41-32-22-29-28(21-31(32)40-2)30(17-19-36-29)42-27-15-13-25(14-16-27)37-33(38)24-9-4-3-5-10-24;1-4(2)3/h3-5,9-10,13-17,19,21-23,26,35H,6-8,11-12,18,20H2,1-2H3,(H,37,38);4H,1-3H3. The minimum atomic E-state index is -0.359. The number of hydrogen-bond donors (Lipinski definition) is 2. The fourth-order valence-corrected chi connectivity index (χ4v) is 4.94. The summed E-state index contributed by atoms with van der Waals surface area (Å²) in [6, 6.07) is 21.3. The average Bonchev–Trinajstić information content (AvgIpc) is 3.58. The first kappa shape index (κ1) is 35.2. The number of carbonyl (C=O) groups is 2. The van der Waals surface area contributed by atoms with Gasteiger partial charge in [0.05, 0.1) is 19.2 Å². The molecular weight excluding hydrogens is 594 g/mol. The van der Waals surface area contributed by atoms with E-state index in [0.717, 1.165) is 37.0 Å². The maximum Gasteiger partial charge on any atom is 0.323 e. The summed E-state index contributed by atoms with van der Waals surface area (Å²) in [5.41, 5.74) is 1.95. The third-order valence-electron chi connectivity index (χ3n) is 7.33. The Hall–Kier alpha value is -4.63. The molecule has 0 saturated heterocycles. The van der Waals surface area contributed by atoms with Gasteiger partial charge in [0, 0.05) is 28.9 Å². The van der Waals surface area contributed by atoms with E-state index in [-0.39, 0.29) is 24.0 Å². The Labute approximate surface area is 278 Å². The van der Waals surface area contributed by atoms with Crippen LogP contribution in [0.15, 0.2) is 79.0 Å². The van der Waals surface area contributed by atoms with Crippen molar-refractivity contribution in [3.05, 3.63) is 84.6 Å². The Morgan fingerprint density at radius 1 is 0.894 bits per heavy atom. The van der Waals surface area contributed by atoms with Gasteiger partial charge in [0.1, 0.15) is 23.6 Å². The molecule has 1 aliphatic rings. The number of ether oxygens (including phenoxy) is 4. The van der Waals surface area contributed by atoms with Gasteiger partial charge in [0.15, 0.2) is 11.5 Å². The fourth-order valence-electron chi connectivity index (χ4n) is 4.94. The molecule has 1 aromatic heterocycles. The van der Waals surface area contributed by atoms with Crippen molar-refractivity contribution >= 4 is 28.5 Å². The molecule has 47 heavy (non-hydrogen) atoms. The monoisotopic (exact) mass is 641 g/mol. The lowest BCUT2D eigenvalue weighted by Gasteiger charge is -2.17. The quantitative estimate of drug-likeness (QED) is 0.111. The molecule has 0 bridgehead atoms. The number of rotatable bonds is 13. The van der Waals surface area contributed by atoms with E-state index in [1.54, 1.807) is 55.8 Å². The van der Waals surface area contributed by atoms with Crippen LogP contribution >= 0.6 is 0 Å². The highest BCUT2D eigenvalue weighted by atomic mass is 16.5. The highest BCUT2D eigenvalue weighted by Crippen LogP contribution is 2.37. The molecule has 1 fully saturated rings. The molecule has 5 rings (SSSR count). The van der Waals surface area contributed by atoms with E-state index in [9.17, 15) is 9.59 Å². The molecule has 3 aromatic carbocycles. The number of pyridine rings is 1. The number of carbonyl (C=O) groups excluding carboxylic acids is 2. The van der Waals surface area contributed by atoms with Gasteiger partial charge in [-0.05, 0) is 100 Å². The molecular formula is C38H47N3O6. The van der Waals surface area contributed by atoms with Crippen molar-refractivity contribution in [3.63, 3.8) is 0 Å². The van der Waals surface area contributed by atoms with Gasteiger partial charge in [0.25, 0.3) is 5.91 Å². The van der Waals surface area contributed by atoms with Crippen LogP contribution in [0.5, 0.6) is 23.0 Å². The second-order valence-electron chi connectivity index (χ2n) is 12.2. The third-order valence-corrected chi connectivity index (χ3v) is 7.33. The smallest absolute Gasteiger partial charge is 0.323 e. The molecule has 2 N–H and O–H groups in total. The van der Waals surface area contributed by atoms with E-state index in [1.165, 1.54) is 0 Å². The van der Waals surface area contributed by atoms with Crippen LogP contribution in [0, 0.1) is 5.92 Å². The van der Waals surface area contributed by atoms with Crippen LogP contribution < -0.4 is 24.8 Å². The second kappa shape index (κ2) is 17.9. The summed E-state index contributed by atoms with van der Waals surface area (Å²) in [4.78, 5) is 29.2. The molecule has 4 aromatic rings. The number of anilines is 1. The number of nitrogens with zero attached hydrogens (tertiary/aromatic N) is 1. The Kier molecular flexibility index (Phi) is 13.4. The fraction of sp³-hybridized carbons (Fsp3) is 0.395. The molecule has 0 radical (unpaired) electrons. The molecule has 1 aliphatic carbocycles. The number of methoxy groups -OCH3 is 1. The van der Waals surface area contributed by atoms with E-state index in [0.29, 0.717) is 59.3 Å². The first-order valence-electron chi connectivity index (χ1n) is 16.4. The molecule has 1 heterocycles. The highest BCUT2D eigenvalue weighted by molar-refractivity contribution is 6.04. The van der Waals surface area contributed by atoms with Gasteiger partial charge < -0.3 is 29.6 Å². The summed E-state index contributed by atoms with van der Waals surface area (Å²) in [5.74, 6) is 2.82. The van der Waals surface area contributed by atoms with Gasteiger partial charge in [-0.2, -0.15) is 0 Å². The number of esters is 1. The maximum absolute atomic E-state index is 12.4. The zero-order valence-electron chi connectivity index (χ0n) is 28.1. The molecule has 1 unspecified atom stereocenters. The minimum absolute atomic E-state index is 0.0694. The lowest BCUT2D eigenvalue weighted by atomic mass is 10.1. The van der Waals surface area contributed by atoms with Crippen molar-refractivity contribution in [2.75, 3.05) is 25.6 Å². The zero-order valence-corrected chi connectivity index (χ0v) is 28.1. The minimum Gasteiger partial charge on any atom is -0.493 e. The Balaban J connectivity index is 0.00000118. The van der Waals surface area contributed by atoms with Crippen molar-refractivity contribution in [3.8, 4) is 23.0 Å². The summed E-state index contributed by atoms with van der Waals surface area (Å²) >= 11 is 0. The Morgan fingerprint density at radius 3 is 2.28 bits per heavy atom. The molecule has 250 valence electrons. The topological polar surface area (TPSA) is 108 Å². The van der Waals surface area contributed by atoms with E-state index < -0.39 is 0 Å². The lowest BCUT2D eigenvalue weighted by Crippen LogP contribution is -2.37. The van der Waals surface area contributed by atoms with Crippen molar-refractivity contribution in [1.82, 2.24) is 10.3 Å². The highest BCUT2D eigenvalue weighted by Gasteiger charge is 2.22. The zero-order chi connectivity index (χ0) is 33.6. The predicted octanol–water partition coefficient (Wildman–Crippen LogP) is 8.18. The van der Waals surface area contributed by atoms with Gasteiger partial charge in [-0.25, -0.2) is 0 Å². The van der Waals surface area contributed by atoms with E-state index in [2.05, 4.69) is 36.4 Å². The number of benzene rings is 3. The van der Waals surface area contributed by atoms with Crippen molar-refractivity contribution < 1.29 is 28.5 Å². The normalized spacial score (nSPS) is 13.4. The summed E-state index contributed by atoms with van der Waals surface area (Å²) in [6.45, 7) is 9.37. The van der Waals surface area contributed by atoms with Crippen LogP contribution in [-0.2, 0) is 9.53 Å². The summed E-state index contributed by atoms with van der Waals surface area (Å²) in [5, 5.41) is 6.87. The Morgan fingerprint density at radius 2 is 1.60 bits per heavy atom. The Bertz CT molecular complexity index is 1570. The SMILES string of the molecule is CC(C)C.COc1cc2c(Oc3ccc(NC(=O)c4ccccc4)cc3)ccnc2cc1OCCCNC(C)C(=O)OC1CCCC1. The average molecular weight is 642 g/mol. The molecule has 9 heteroatoms. The van der Waals surface area contributed by atoms with Gasteiger partial charge in [-0.3, -0.25) is 14.6 Å². The number of nitrogens with one attached hydrogen (secondary N) is 2. The van der Waals surface area contributed by atoms with Gasteiger partial charge in [-0.1, -0.05) is 39.0 Å². The maximum atomic E-state index is 12.4. The molecule has 1 saturated carbocycles. The van der Waals surface area contributed by atoms with Crippen LogP contribution in [-0.4, -0.2) is 49.3 Å². The van der Waals surface area contributed by atoms with Crippen LogP contribution in [0.25, 0.3) is 10.9 Å². The van der Waals surface area contributed by atoms with E-state index >= 15 is 0 Å². The van der Waals surface area contributed by atoms with Crippen LogP contribution in [0.2, 0.25) is 0 Å². The molecule has 9 nitrogen and oxygen atoms in total. The van der Waals surface area contributed by atoms with Crippen molar-refractivity contribution in [2.45, 2.75) is 71.9 Å². The largest absolute Gasteiger partial charge is 0.493 e. The first-order chi connectivity index (χ1) is 22.7. The summed E-state index contributed by atoms with van der Waals surface area (Å²) in [6.07, 6.45) is 6.63. The van der Waals surface area contributed by atoms with Crippen LogP contribution in [0.4, 0.5) is 5.69 Å². The van der Waals surface area contributed by atoms with Gasteiger partial charge >= 0.3 is 5.97 Å². The van der Waals surface area contributed by atoms with Crippen LogP contribution in [0.1, 0.15) is 70.2 Å². The predicted molar refractivity (Wildman–Crippen MR) is 186 cm³/mol. The third kappa shape index (κ3) is 11.0. The number of amides is 1. The van der Waals surface area contributed by atoms with Crippen LogP contribution in [0.3, 0.4) is 0 Å². The van der Waals surface area contributed by atoms with Gasteiger partial charge in [-0.15, -0.1) is 0 Å². The summed E-state index contributed by atoms with van der Waals surface area (Å²) in [7, 11) is 1.59. The molecule has 1 atom stereocenters. The molecule has 1 amide bonds. The first-order valence-corrected chi connectivity index (χ1v) is 16.4. The van der Waals surface area contributed by atoms with Crippen molar-refractivity contribution in [2.24, 2.45) is 5.92 Å². The lowest BCUT2D eigenvalue weighted by molar-refractivity contribution is -0.150. The molecule has 0 aliphatic heterocycles. The number of aromatic nitrogens is 1. The van der Waals surface area contributed by atoms with Gasteiger partial charge in [0.2, 0.25) is 0 Å². The number of fused-ring (bicyclic) bond motifs is 1.